The minimum Gasteiger partial charge on any atom is -0.481 e. The molecule has 0 saturated heterocycles. The van der Waals surface area contributed by atoms with Crippen molar-refractivity contribution in [2.75, 3.05) is 19.0 Å². The molecule has 18 heavy (non-hydrogen) atoms. The number of hydrogen-bond acceptors (Lipinski definition) is 3. The van der Waals surface area contributed by atoms with Crippen LogP contribution >= 0.6 is 15.9 Å². The highest BCUT2D eigenvalue weighted by Gasteiger charge is 2.14. The lowest BCUT2D eigenvalue weighted by molar-refractivity contribution is 0.0941. The van der Waals surface area contributed by atoms with Crippen LogP contribution in [-0.4, -0.2) is 34.7 Å². The molecule has 1 N–H and O–H groups in total. The summed E-state index contributed by atoms with van der Waals surface area (Å²) in [6, 6.07) is 1.64. The predicted molar refractivity (Wildman–Crippen MR) is 74.3 cm³/mol. The Bertz CT molecular complexity index is 393. The minimum absolute atomic E-state index is 0.151. The summed E-state index contributed by atoms with van der Waals surface area (Å²) in [5.74, 6) is 0.925. The zero-order valence-corrected chi connectivity index (χ0v) is 12.7. The molecular weight excluding hydrogens is 298 g/mol. The molecule has 5 nitrogen and oxygen atoms in total. The van der Waals surface area contributed by atoms with E-state index in [1.54, 1.807) is 24.9 Å². The summed E-state index contributed by atoms with van der Waals surface area (Å²) in [5.41, 5.74) is 0.392. The Morgan fingerprint density at radius 3 is 2.89 bits per heavy atom. The van der Waals surface area contributed by atoms with Gasteiger partial charge in [0.05, 0.1) is 7.11 Å². The maximum absolute atomic E-state index is 11.9. The summed E-state index contributed by atoms with van der Waals surface area (Å²) in [5, 5.41) is 7.97. The number of aryl methyl sites for hydroxylation is 1. The van der Waals surface area contributed by atoms with Crippen molar-refractivity contribution in [1.82, 2.24) is 15.1 Å². The number of amides is 1. The summed E-state index contributed by atoms with van der Waals surface area (Å²) in [7, 11) is 3.30. The minimum atomic E-state index is -0.151. The smallest absolute Gasteiger partial charge is 0.271 e. The second-order valence-corrected chi connectivity index (χ2v) is 4.95. The molecule has 1 rings (SSSR count). The molecule has 0 radical (unpaired) electrons. The fraction of sp³-hybridized carbons (Fsp3) is 0.667. The SMILES string of the molecule is CCC(CCBr)CNC(=O)c1cc(OC)n(C)n1. The Morgan fingerprint density at radius 1 is 1.67 bits per heavy atom. The molecule has 0 aliphatic carbocycles. The van der Waals surface area contributed by atoms with Gasteiger partial charge >= 0.3 is 0 Å². The first-order chi connectivity index (χ1) is 8.62. The van der Waals surface area contributed by atoms with Crippen molar-refractivity contribution in [3.63, 3.8) is 0 Å². The van der Waals surface area contributed by atoms with E-state index in [1.165, 1.54) is 0 Å². The van der Waals surface area contributed by atoms with E-state index in [0.29, 0.717) is 24.0 Å². The monoisotopic (exact) mass is 317 g/mol. The van der Waals surface area contributed by atoms with Crippen molar-refractivity contribution in [3.8, 4) is 5.88 Å². The van der Waals surface area contributed by atoms with Crippen molar-refractivity contribution < 1.29 is 9.53 Å². The molecule has 0 bridgehead atoms. The van der Waals surface area contributed by atoms with Crippen molar-refractivity contribution in [1.29, 1.82) is 0 Å². The Labute approximate surface area is 116 Å². The molecule has 0 aliphatic heterocycles. The van der Waals surface area contributed by atoms with Gasteiger partial charge in [0.15, 0.2) is 5.69 Å². The van der Waals surface area contributed by atoms with E-state index in [2.05, 4.69) is 33.3 Å². The van der Waals surface area contributed by atoms with Crippen LogP contribution in [-0.2, 0) is 7.05 Å². The van der Waals surface area contributed by atoms with Crippen LogP contribution in [0.3, 0.4) is 0 Å². The summed E-state index contributed by atoms with van der Waals surface area (Å²) >= 11 is 3.42. The molecule has 1 aromatic rings. The van der Waals surface area contributed by atoms with Crippen LogP contribution in [0.25, 0.3) is 0 Å². The van der Waals surface area contributed by atoms with Crippen LogP contribution in [0.5, 0.6) is 5.88 Å². The molecule has 1 amide bonds. The third kappa shape index (κ3) is 4.01. The quantitative estimate of drug-likeness (QED) is 0.782. The number of methoxy groups -OCH3 is 1. The largest absolute Gasteiger partial charge is 0.481 e. The predicted octanol–water partition coefficient (Wildman–Crippen LogP) is 1.97. The van der Waals surface area contributed by atoms with Gasteiger partial charge in [-0.05, 0) is 12.3 Å². The third-order valence-corrected chi connectivity index (χ3v) is 3.38. The Balaban J connectivity index is 2.54. The van der Waals surface area contributed by atoms with Crippen LogP contribution < -0.4 is 10.1 Å². The van der Waals surface area contributed by atoms with Gasteiger partial charge in [-0.2, -0.15) is 5.10 Å². The topological polar surface area (TPSA) is 56.1 Å². The van der Waals surface area contributed by atoms with E-state index in [-0.39, 0.29) is 5.91 Å². The molecule has 0 saturated carbocycles. The number of halogens is 1. The number of alkyl halides is 1. The second kappa shape index (κ2) is 7.41. The van der Waals surface area contributed by atoms with E-state index >= 15 is 0 Å². The number of ether oxygens (including phenoxy) is 1. The molecule has 6 heteroatoms. The van der Waals surface area contributed by atoms with Gasteiger partial charge in [-0.1, -0.05) is 29.3 Å². The molecular formula is C12H20BrN3O2. The van der Waals surface area contributed by atoms with Gasteiger partial charge in [0.1, 0.15) is 0 Å². The average molecular weight is 318 g/mol. The summed E-state index contributed by atoms with van der Waals surface area (Å²) in [4.78, 5) is 11.9. The number of nitrogens with zero attached hydrogens (tertiary/aromatic N) is 2. The molecule has 1 aromatic heterocycles. The maximum atomic E-state index is 11.9. The second-order valence-electron chi connectivity index (χ2n) is 4.16. The number of carbonyl (C=O) groups excluding carboxylic acids is 1. The van der Waals surface area contributed by atoms with Crippen molar-refractivity contribution >= 4 is 21.8 Å². The number of hydrogen-bond donors (Lipinski definition) is 1. The van der Waals surface area contributed by atoms with E-state index < -0.39 is 0 Å². The number of nitrogens with one attached hydrogen (secondary N) is 1. The number of carbonyl (C=O) groups is 1. The lowest BCUT2D eigenvalue weighted by Gasteiger charge is -2.13. The lowest BCUT2D eigenvalue weighted by Crippen LogP contribution is -2.29. The van der Waals surface area contributed by atoms with Crippen LogP contribution in [0.4, 0.5) is 0 Å². The van der Waals surface area contributed by atoms with E-state index in [1.807, 2.05) is 0 Å². The van der Waals surface area contributed by atoms with Crippen LogP contribution in [0.1, 0.15) is 30.3 Å². The van der Waals surface area contributed by atoms with Gasteiger partial charge in [0.25, 0.3) is 5.91 Å². The van der Waals surface area contributed by atoms with Crippen LogP contribution in [0, 0.1) is 5.92 Å². The van der Waals surface area contributed by atoms with Crippen LogP contribution in [0.15, 0.2) is 6.07 Å². The maximum Gasteiger partial charge on any atom is 0.271 e. The molecule has 0 aromatic carbocycles. The Hall–Kier alpha value is -1.04. The highest BCUT2D eigenvalue weighted by molar-refractivity contribution is 9.09. The fourth-order valence-corrected chi connectivity index (χ4v) is 2.33. The van der Waals surface area contributed by atoms with Crippen molar-refractivity contribution in [2.45, 2.75) is 19.8 Å². The fourth-order valence-electron chi connectivity index (χ4n) is 1.68. The number of rotatable bonds is 7. The molecule has 102 valence electrons. The zero-order valence-electron chi connectivity index (χ0n) is 11.1. The van der Waals surface area contributed by atoms with Gasteiger partial charge in [-0.3, -0.25) is 4.79 Å². The molecule has 1 atom stereocenters. The Morgan fingerprint density at radius 2 is 2.39 bits per heavy atom. The molecule has 0 fully saturated rings. The first kappa shape index (κ1) is 15.0. The first-order valence-corrected chi connectivity index (χ1v) is 7.16. The zero-order chi connectivity index (χ0) is 13.5. The highest BCUT2D eigenvalue weighted by atomic mass is 79.9. The molecule has 0 spiro atoms. The highest BCUT2D eigenvalue weighted by Crippen LogP contribution is 2.12. The lowest BCUT2D eigenvalue weighted by atomic mass is 10.0. The molecule has 1 heterocycles. The van der Waals surface area contributed by atoms with E-state index in [9.17, 15) is 4.79 Å². The van der Waals surface area contributed by atoms with Gasteiger partial charge in [-0.15, -0.1) is 0 Å². The van der Waals surface area contributed by atoms with Crippen LogP contribution in [0.2, 0.25) is 0 Å². The first-order valence-electron chi connectivity index (χ1n) is 6.04. The standard InChI is InChI=1S/C12H20BrN3O2/c1-4-9(5-6-13)8-14-12(17)10-7-11(18-3)16(2)15-10/h7,9H,4-6,8H2,1-3H3,(H,14,17). The van der Waals surface area contributed by atoms with Gasteiger partial charge in [0, 0.05) is 25.0 Å². The Kier molecular flexibility index (Phi) is 6.18. The average Bonchev–Trinajstić information content (AvgIpc) is 2.75. The third-order valence-electron chi connectivity index (χ3n) is 2.92. The van der Waals surface area contributed by atoms with E-state index in [0.717, 1.165) is 18.2 Å². The van der Waals surface area contributed by atoms with E-state index in [4.69, 9.17) is 4.74 Å². The van der Waals surface area contributed by atoms with Gasteiger partial charge in [-0.25, -0.2) is 4.68 Å². The summed E-state index contributed by atoms with van der Waals surface area (Å²) in [6.45, 7) is 2.81. The molecule has 0 aliphatic rings. The molecule has 1 unspecified atom stereocenters. The normalized spacial score (nSPS) is 12.2. The van der Waals surface area contributed by atoms with Gasteiger partial charge < -0.3 is 10.1 Å². The summed E-state index contributed by atoms with van der Waals surface area (Å²) in [6.07, 6.45) is 2.11. The van der Waals surface area contributed by atoms with Gasteiger partial charge in [0.2, 0.25) is 5.88 Å². The summed E-state index contributed by atoms with van der Waals surface area (Å²) < 4.78 is 6.62. The van der Waals surface area contributed by atoms with Crippen molar-refractivity contribution in [2.24, 2.45) is 13.0 Å². The van der Waals surface area contributed by atoms with Crippen molar-refractivity contribution in [3.05, 3.63) is 11.8 Å². The number of aromatic nitrogens is 2.